The van der Waals surface area contributed by atoms with E-state index < -0.39 is 46.9 Å². The van der Waals surface area contributed by atoms with Crippen molar-refractivity contribution in [3.63, 3.8) is 0 Å². The van der Waals surface area contributed by atoms with Gasteiger partial charge in [-0.25, -0.2) is 8.78 Å². The summed E-state index contributed by atoms with van der Waals surface area (Å²) in [5, 5.41) is 2.22. The molecule has 0 aliphatic heterocycles. The van der Waals surface area contributed by atoms with Crippen LogP contribution in [0.5, 0.6) is 0 Å². The summed E-state index contributed by atoms with van der Waals surface area (Å²) in [6, 6.07) is 1.87. The van der Waals surface area contributed by atoms with E-state index in [2.05, 4.69) is 5.32 Å². The highest BCUT2D eigenvalue weighted by molar-refractivity contribution is 5.97. The first-order chi connectivity index (χ1) is 10.8. The van der Waals surface area contributed by atoms with E-state index in [9.17, 15) is 23.2 Å². The van der Waals surface area contributed by atoms with E-state index in [1.807, 2.05) is 0 Å². The van der Waals surface area contributed by atoms with E-state index >= 15 is 0 Å². The number of carbonyl (C=O) groups excluding carboxylic acids is 3. The maximum Gasteiger partial charge on any atom is 0.306 e. The SMILES string of the molecule is CCOC(=O)C[C@H](C)[C@H](NC(=O)c1cccc(F)c1F)C(N)=O. The van der Waals surface area contributed by atoms with Gasteiger partial charge in [-0.1, -0.05) is 13.0 Å². The number of primary amides is 1. The number of hydrogen-bond donors (Lipinski definition) is 2. The van der Waals surface area contributed by atoms with Crippen LogP contribution in [0.3, 0.4) is 0 Å². The second kappa shape index (κ2) is 8.21. The second-order valence-electron chi connectivity index (χ2n) is 4.94. The van der Waals surface area contributed by atoms with E-state index in [0.717, 1.165) is 18.2 Å². The largest absolute Gasteiger partial charge is 0.466 e. The zero-order valence-corrected chi connectivity index (χ0v) is 12.8. The van der Waals surface area contributed by atoms with Gasteiger partial charge in [0.1, 0.15) is 6.04 Å². The second-order valence-corrected chi connectivity index (χ2v) is 4.94. The van der Waals surface area contributed by atoms with Crippen molar-refractivity contribution in [1.29, 1.82) is 0 Å². The summed E-state index contributed by atoms with van der Waals surface area (Å²) in [7, 11) is 0. The first kappa shape index (κ1) is 18.5. The molecule has 0 radical (unpaired) electrons. The van der Waals surface area contributed by atoms with Gasteiger partial charge in [0, 0.05) is 0 Å². The first-order valence-corrected chi connectivity index (χ1v) is 6.97. The Hall–Kier alpha value is -2.51. The van der Waals surface area contributed by atoms with Gasteiger partial charge in [0.05, 0.1) is 18.6 Å². The smallest absolute Gasteiger partial charge is 0.306 e. The topological polar surface area (TPSA) is 98.5 Å². The highest BCUT2D eigenvalue weighted by atomic mass is 19.2. The van der Waals surface area contributed by atoms with Crippen LogP contribution in [-0.4, -0.2) is 30.4 Å². The third-order valence-corrected chi connectivity index (χ3v) is 3.15. The van der Waals surface area contributed by atoms with Crippen LogP contribution in [0, 0.1) is 17.6 Å². The fraction of sp³-hybridized carbons (Fsp3) is 0.400. The van der Waals surface area contributed by atoms with Crippen molar-refractivity contribution in [2.24, 2.45) is 11.7 Å². The highest BCUT2D eigenvalue weighted by Gasteiger charge is 2.28. The maximum absolute atomic E-state index is 13.6. The van der Waals surface area contributed by atoms with Crippen LogP contribution < -0.4 is 11.1 Å². The predicted molar refractivity (Wildman–Crippen MR) is 77.2 cm³/mol. The fourth-order valence-electron chi connectivity index (χ4n) is 1.99. The molecule has 2 amide bonds. The molecule has 0 fully saturated rings. The Morgan fingerprint density at radius 1 is 1.30 bits per heavy atom. The lowest BCUT2D eigenvalue weighted by Gasteiger charge is -2.21. The fourth-order valence-corrected chi connectivity index (χ4v) is 1.99. The van der Waals surface area contributed by atoms with Gasteiger partial charge in [0.2, 0.25) is 5.91 Å². The van der Waals surface area contributed by atoms with Crippen molar-refractivity contribution in [3.8, 4) is 0 Å². The minimum absolute atomic E-state index is 0.159. The van der Waals surface area contributed by atoms with E-state index in [-0.39, 0.29) is 13.0 Å². The third kappa shape index (κ3) is 5.01. The summed E-state index contributed by atoms with van der Waals surface area (Å²) in [5.41, 5.74) is 4.65. The molecule has 0 bridgehead atoms. The third-order valence-electron chi connectivity index (χ3n) is 3.15. The quantitative estimate of drug-likeness (QED) is 0.733. The predicted octanol–water partition coefficient (Wildman–Crippen LogP) is 1.14. The molecule has 0 aliphatic carbocycles. The van der Waals surface area contributed by atoms with Crippen LogP contribution in [0.1, 0.15) is 30.6 Å². The molecular formula is C15H18F2N2O4. The summed E-state index contributed by atoms with van der Waals surface area (Å²) in [6.07, 6.45) is -0.159. The van der Waals surface area contributed by atoms with Gasteiger partial charge in [-0.15, -0.1) is 0 Å². The molecule has 0 saturated carbocycles. The number of nitrogens with two attached hydrogens (primary N) is 1. The molecular weight excluding hydrogens is 310 g/mol. The zero-order chi connectivity index (χ0) is 17.6. The van der Waals surface area contributed by atoms with E-state index in [1.54, 1.807) is 6.92 Å². The van der Waals surface area contributed by atoms with Gasteiger partial charge < -0.3 is 15.8 Å². The first-order valence-electron chi connectivity index (χ1n) is 6.97. The van der Waals surface area contributed by atoms with Crippen molar-refractivity contribution in [2.75, 3.05) is 6.61 Å². The molecule has 0 saturated heterocycles. The minimum Gasteiger partial charge on any atom is -0.466 e. The lowest BCUT2D eigenvalue weighted by atomic mass is 9.97. The number of nitrogens with one attached hydrogen (secondary N) is 1. The Balaban J connectivity index is 2.87. The molecule has 6 nitrogen and oxygen atoms in total. The van der Waals surface area contributed by atoms with Crippen molar-refractivity contribution < 1.29 is 27.9 Å². The van der Waals surface area contributed by atoms with Gasteiger partial charge in [-0.3, -0.25) is 14.4 Å². The Morgan fingerprint density at radius 2 is 1.96 bits per heavy atom. The summed E-state index contributed by atoms with van der Waals surface area (Å²) < 4.78 is 31.5. The molecule has 1 rings (SSSR count). The molecule has 0 aromatic heterocycles. The van der Waals surface area contributed by atoms with Crippen LogP contribution >= 0.6 is 0 Å². The molecule has 2 atom stereocenters. The Kier molecular flexibility index (Phi) is 6.62. The Bertz CT molecular complexity index is 607. The van der Waals surface area contributed by atoms with Crippen LogP contribution in [-0.2, 0) is 14.3 Å². The maximum atomic E-state index is 13.6. The van der Waals surface area contributed by atoms with Gasteiger partial charge >= 0.3 is 5.97 Å². The summed E-state index contributed by atoms with van der Waals surface area (Å²) in [6.45, 7) is 3.31. The van der Waals surface area contributed by atoms with Crippen molar-refractivity contribution in [3.05, 3.63) is 35.4 Å². The average Bonchev–Trinajstić information content (AvgIpc) is 2.47. The van der Waals surface area contributed by atoms with Crippen molar-refractivity contribution in [1.82, 2.24) is 5.32 Å². The van der Waals surface area contributed by atoms with Gasteiger partial charge in [-0.05, 0) is 25.0 Å². The number of amides is 2. The lowest BCUT2D eigenvalue weighted by Crippen LogP contribution is -2.49. The molecule has 126 valence electrons. The normalized spacial score (nSPS) is 13.0. The lowest BCUT2D eigenvalue weighted by molar-refractivity contribution is -0.144. The Labute approximate surface area is 132 Å². The average molecular weight is 328 g/mol. The standard InChI is InChI=1S/C15H18F2N2O4/c1-3-23-11(20)7-8(2)13(14(18)21)19-15(22)9-5-4-6-10(16)12(9)17/h4-6,8,13H,3,7H2,1-2H3,(H2,18,21)(H,19,22)/t8-,13-/m0/s1. The number of halogens is 2. The molecule has 1 aromatic rings. The molecule has 0 spiro atoms. The highest BCUT2D eigenvalue weighted by Crippen LogP contribution is 2.14. The molecule has 23 heavy (non-hydrogen) atoms. The van der Waals surface area contributed by atoms with Gasteiger partial charge in [0.25, 0.3) is 5.91 Å². The molecule has 8 heteroatoms. The molecule has 0 heterocycles. The van der Waals surface area contributed by atoms with E-state index in [4.69, 9.17) is 10.5 Å². The van der Waals surface area contributed by atoms with Crippen molar-refractivity contribution in [2.45, 2.75) is 26.3 Å². The number of hydrogen-bond acceptors (Lipinski definition) is 4. The van der Waals surface area contributed by atoms with E-state index in [0.29, 0.717) is 0 Å². The Morgan fingerprint density at radius 3 is 2.52 bits per heavy atom. The molecule has 1 aromatic carbocycles. The van der Waals surface area contributed by atoms with Crippen LogP contribution in [0.25, 0.3) is 0 Å². The van der Waals surface area contributed by atoms with Crippen molar-refractivity contribution >= 4 is 17.8 Å². The van der Waals surface area contributed by atoms with Gasteiger partial charge in [-0.2, -0.15) is 0 Å². The number of ether oxygens (including phenoxy) is 1. The van der Waals surface area contributed by atoms with Crippen LogP contribution in [0.15, 0.2) is 18.2 Å². The van der Waals surface area contributed by atoms with Crippen LogP contribution in [0.2, 0.25) is 0 Å². The summed E-state index contributed by atoms with van der Waals surface area (Å²) in [5.74, 6) is -5.64. The summed E-state index contributed by atoms with van der Waals surface area (Å²) >= 11 is 0. The number of rotatable bonds is 7. The molecule has 3 N–H and O–H groups in total. The number of benzene rings is 1. The minimum atomic E-state index is -1.33. The molecule has 0 unspecified atom stereocenters. The van der Waals surface area contributed by atoms with Gasteiger partial charge in [0.15, 0.2) is 11.6 Å². The van der Waals surface area contributed by atoms with Crippen LogP contribution in [0.4, 0.5) is 8.78 Å². The number of carbonyl (C=O) groups is 3. The zero-order valence-electron chi connectivity index (χ0n) is 12.8. The molecule has 0 aliphatic rings. The van der Waals surface area contributed by atoms with E-state index in [1.165, 1.54) is 6.92 Å². The monoisotopic (exact) mass is 328 g/mol. The number of esters is 1. The summed E-state index contributed by atoms with van der Waals surface area (Å²) in [4.78, 5) is 34.9.